The standard InChI is InChI=1S/C18H22FN3O/c1-13(2)16(11-22-10-9-20-12-22)21-17(23)18(7-8-18)14-5-3-4-6-15(14)19/h3-6,9-10,12-13,16H,7-8,11H2,1-2H3,(H,21,23). The Hall–Kier alpha value is -2.17. The number of imidazole rings is 1. The van der Waals surface area contributed by atoms with Gasteiger partial charge in [-0.2, -0.15) is 0 Å². The molecule has 0 bridgehead atoms. The van der Waals surface area contributed by atoms with Crippen LogP contribution in [0.25, 0.3) is 0 Å². The van der Waals surface area contributed by atoms with Crippen LogP contribution in [-0.4, -0.2) is 21.5 Å². The van der Waals surface area contributed by atoms with Crippen molar-refractivity contribution in [3.8, 4) is 0 Å². The Morgan fingerprint density at radius 3 is 2.70 bits per heavy atom. The Balaban J connectivity index is 1.75. The molecule has 1 fully saturated rings. The number of benzene rings is 1. The molecule has 4 nitrogen and oxygen atoms in total. The third-order valence-corrected chi connectivity index (χ3v) is 4.66. The number of carbonyl (C=O) groups is 1. The molecular weight excluding hydrogens is 293 g/mol. The lowest BCUT2D eigenvalue weighted by Crippen LogP contribution is -2.46. The van der Waals surface area contributed by atoms with Crippen LogP contribution in [0.2, 0.25) is 0 Å². The molecule has 23 heavy (non-hydrogen) atoms. The van der Waals surface area contributed by atoms with Crippen LogP contribution in [0.4, 0.5) is 4.39 Å². The molecule has 1 N–H and O–H groups in total. The van der Waals surface area contributed by atoms with Crippen LogP contribution in [0.5, 0.6) is 0 Å². The maximum absolute atomic E-state index is 14.1. The van der Waals surface area contributed by atoms with Gasteiger partial charge in [0.2, 0.25) is 5.91 Å². The lowest BCUT2D eigenvalue weighted by atomic mass is 9.93. The quantitative estimate of drug-likeness (QED) is 0.891. The topological polar surface area (TPSA) is 46.9 Å². The van der Waals surface area contributed by atoms with Gasteiger partial charge in [0.15, 0.2) is 0 Å². The predicted molar refractivity (Wildman–Crippen MR) is 86.3 cm³/mol. The zero-order chi connectivity index (χ0) is 16.4. The number of nitrogens with one attached hydrogen (secondary N) is 1. The molecule has 1 heterocycles. The number of aromatic nitrogens is 2. The van der Waals surface area contributed by atoms with Crippen LogP contribution < -0.4 is 5.32 Å². The van der Waals surface area contributed by atoms with Crippen molar-refractivity contribution in [2.75, 3.05) is 0 Å². The summed E-state index contributed by atoms with van der Waals surface area (Å²) < 4.78 is 16.0. The molecule has 122 valence electrons. The molecule has 1 aliphatic carbocycles. The van der Waals surface area contributed by atoms with Crippen molar-refractivity contribution in [3.05, 3.63) is 54.4 Å². The van der Waals surface area contributed by atoms with E-state index in [0.717, 1.165) is 0 Å². The molecule has 5 heteroatoms. The van der Waals surface area contributed by atoms with Crippen molar-refractivity contribution in [2.45, 2.75) is 44.7 Å². The molecule has 3 rings (SSSR count). The van der Waals surface area contributed by atoms with Gasteiger partial charge in [-0.25, -0.2) is 9.37 Å². The van der Waals surface area contributed by atoms with Crippen LogP contribution in [0.15, 0.2) is 43.0 Å². The summed E-state index contributed by atoms with van der Waals surface area (Å²) in [7, 11) is 0. The van der Waals surface area contributed by atoms with Crippen LogP contribution in [0.3, 0.4) is 0 Å². The van der Waals surface area contributed by atoms with Crippen LogP contribution >= 0.6 is 0 Å². The second-order valence-corrected chi connectivity index (χ2v) is 6.65. The van der Waals surface area contributed by atoms with Gasteiger partial charge in [-0.3, -0.25) is 4.79 Å². The molecule has 1 aromatic heterocycles. The van der Waals surface area contributed by atoms with Crippen LogP contribution in [-0.2, 0) is 16.8 Å². The summed E-state index contributed by atoms with van der Waals surface area (Å²) in [6.07, 6.45) is 6.75. The van der Waals surface area contributed by atoms with Gasteiger partial charge in [-0.15, -0.1) is 0 Å². The minimum Gasteiger partial charge on any atom is -0.351 e. The highest BCUT2D eigenvalue weighted by atomic mass is 19.1. The van der Waals surface area contributed by atoms with Crippen molar-refractivity contribution in [2.24, 2.45) is 5.92 Å². The summed E-state index contributed by atoms with van der Waals surface area (Å²) in [5.41, 5.74) is -0.171. The first-order chi connectivity index (χ1) is 11.0. The highest BCUT2D eigenvalue weighted by Gasteiger charge is 2.53. The Kier molecular flexibility index (Phi) is 4.20. The molecule has 0 saturated heterocycles. The number of nitrogens with zero attached hydrogens (tertiary/aromatic N) is 2. The summed E-state index contributed by atoms with van der Waals surface area (Å²) in [5.74, 6) is -0.0879. The van der Waals surface area contributed by atoms with E-state index in [9.17, 15) is 9.18 Å². The molecular formula is C18H22FN3O. The molecule has 1 aliphatic rings. The fraction of sp³-hybridized carbons (Fsp3) is 0.444. The summed E-state index contributed by atoms with van der Waals surface area (Å²) in [6, 6.07) is 6.58. The Morgan fingerprint density at radius 1 is 1.39 bits per heavy atom. The lowest BCUT2D eigenvalue weighted by molar-refractivity contribution is -0.124. The largest absolute Gasteiger partial charge is 0.351 e. The van der Waals surface area contributed by atoms with Crippen molar-refractivity contribution in [1.29, 1.82) is 0 Å². The lowest BCUT2D eigenvalue weighted by Gasteiger charge is -2.26. The molecule has 0 aliphatic heterocycles. The number of hydrogen-bond donors (Lipinski definition) is 1. The second-order valence-electron chi connectivity index (χ2n) is 6.65. The van der Waals surface area contributed by atoms with E-state index in [0.29, 0.717) is 24.9 Å². The van der Waals surface area contributed by atoms with E-state index in [1.807, 2.05) is 10.8 Å². The SMILES string of the molecule is CC(C)C(Cn1ccnc1)NC(=O)C1(c2ccccc2F)CC1. The summed E-state index contributed by atoms with van der Waals surface area (Å²) in [6.45, 7) is 4.81. The summed E-state index contributed by atoms with van der Waals surface area (Å²) in [4.78, 5) is 16.9. The van der Waals surface area contributed by atoms with Crippen molar-refractivity contribution >= 4 is 5.91 Å². The average molecular weight is 315 g/mol. The van der Waals surface area contributed by atoms with Gasteiger partial charge in [0.1, 0.15) is 5.82 Å². The number of halogens is 1. The molecule has 1 amide bonds. The third kappa shape index (κ3) is 3.14. The van der Waals surface area contributed by atoms with Gasteiger partial charge >= 0.3 is 0 Å². The molecule has 1 atom stereocenters. The molecule has 1 saturated carbocycles. The first kappa shape index (κ1) is 15.7. The van der Waals surface area contributed by atoms with Crippen LogP contribution in [0.1, 0.15) is 32.3 Å². The van der Waals surface area contributed by atoms with Gasteiger partial charge in [-0.05, 0) is 24.8 Å². The van der Waals surface area contributed by atoms with Gasteiger partial charge in [-0.1, -0.05) is 32.0 Å². The van der Waals surface area contributed by atoms with Gasteiger partial charge < -0.3 is 9.88 Å². The number of rotatable bonds is 6. The second kappa shape index (κ2) is 6.14. The minimum atomic E-state index is -0.687. The van der Waals surface area contributed by atoms with E-state index in [1.54, 1.807) is 30.7 Å². The van der Waals surface area contributed by atoms with E-state index in [1.165, 1.54) is 6.07 Å². The van der Waals surface area contributed by atoms with E-state index in [4.69, 9.17) is 0 Å². The maximum atomic E-state index is 14.1. The summed E-state index contributed by atoms with van der Waals surface area (Å²) in [5, 5.41) is 3.13. The molecule has 2 aromatic rings. The number of hydrogen-bond acceptors (Lipinski definition) is 2. The summed E-state index contributed by atoms with van der Waals surface area (Å²) >= 11 is 0. The first-order valence-corrected chi connectivity index (χ1v) is 8.04. The first-order valence-electron chi connectivity index (χ1n) is 8.04. The maximum Gasteiger partial charge on any atom is 0.231 e. The van der Waals surface area contributed by atoms with Gasteiger partial charge in [0.25, 0.3) is 0 Å². The van der Waals surface area contributed by atoms with Gasteiger partial charge in [0.05, 0.1) is 11.7 Å². The van der Waals surface area contributed by atoms with E-state index in [-0.39, 0.29) is 23.7 Å². The highest BCUT2D eigenvalue weighted by Crippen LogP contribution is 2.49. The average Bonchev–Trinajstić information content (AvgIpc) is 3.17. The number of amides is 1. The zero-order valence-corrected chi connectivity index (χ0v) is 13.5. The highest BCUT2D eigenvalue weighted by molar-refractivity contribution is 5.91. The predicted octanol–water partition coefficient (Wildman–Crippen LogP) is 2.89. The van der Waals surface area contributed by atoms with E-state index < -0.39 is 5.41 Å². The molecule has 1 unspecified atom stereocenters. The molecule has 1 aromatic carbocycles. The minimum absolute atomic E-state index is 0.0130. The van der Waals surface area contributed by atoms with Crippen molar-refractivity contribution in [1.82, 2.24) is 14.9 Å². The third-order valence-electron chi connectivity index (χ3n) is 4.66. The number of carbonyl (C=O) groups excluding carboxylic acids is 1. The molecule has 0 radical (unpaired) electrons. The molecule has 0 spiro atoms. The van der Waals surface area contributed by atoms with Crippen LogP contribution in [0, 0.1) is 11.7 Å². The monoisotopic (exact) mass is 315 g/mol. The Labute approximate surface area is 135 Å². The van der Waals surface area contributed by atoms with E-state index >= 15 is 0 Å². The van der Waals surface area contributed by atoms with Crippen molar-refractivity contribution < 1.29 is 9.18 Å². The fourth-order valence-electron chi connectivity index (χ4n) is 2.94. The van der Waals surface area contributed by atoms with Crippen molar-refractivity contribution in [3.63, 3.8) is 0 Å². The zero-order valence-electron chi connectivity index (χ0n) is 13.5. The van der Waals surface area contributed by atoms with E-state index in [2.05, 4.69) is 24.1 Å². The Bertz CT molecular complexity index is 677. The smallest absolute Gasteiger partial charge is 0.231 e. The fourth-order valence-corrected chi connectivity index (χ4v) is 2.94. The Morgan fingerprint density at radius 2 is 2.13 bits per heavy atom. The normalized spacial score (nSPS) is 17.0. The van der Waals surface area contributed by atoms with Gasteiger partial charge in [0, 0.05) is 30.5 Å².